The third-order valence-electron chi connectivity index (χ3n) is 4.35. The highest BCUT2D eigenvalue weighted by atomic mass is 16.5. The zero-order chi connectivity index (χ0) is 17.4. The van der Waals surface area contributed by atoms with E-state index in [9.17, 15) is 9.59 Å². The van der Waals surface area contributed by atoms with Crippen LogP contribution in [0.4, 0.5) is 0 Å². The highest BCUT2D eigenvalue weighted by Gasteiger charge is 2.31. The second-order valence-electron chi connectivity index (χ2n) is 5.94. The van der Waals surface area contributed by atoms with Gasteiger partial charge in [-0.1, -0.05) is 18.2 Å². The molecule has 0 N–H and O–H groups in total. The number of carbonyl (C=O) groups is 2. The third kappa shape index (κ3) is 2.59. The first-order chi connectivity index (χ1) is 12.2. The number of aromatic nitrogens is 3. The minimum Gasteiger partial charge on any atom is -0.461 e. The molecule has 3 aromatic rings. The zero-order valence-electron chi connectivity index (χ0n) is 13.9. The van der Waals surface area contributed by atoms with E-state index in [4.69, 9.17) is 4.74 Å². The fourth-order valence-electron chi connectivity index (χ4n) is 3.22. The molecule has 2 heterocycles. The van der Waals surface area contributed by atoms with Crippen molar-refractivity contribution in [3.05, 3.63) is 53.3 Å². The molecule has 1 aliphatic carbocycles. The summed E-state index contributed by atoms with van der Waals surface area (Å²) in [5.74, 6) is -0.0231. The van der Waals surface area contributed by atoms with Crippen molar-refractivity contribution in [1.29, 1.82) is 0 Å². The molecule has 0 saturated heterocycles. The second-order valence-corrected chi connectivity index (χ2v) is 5.94. The summed E-state index contributed by atoms with van der Waals surface area (Å²) >= 11 is 0. The van der Waals surface area contributed by atoms with Gasteiger partial charge in [-0.15, -0.1) is 0 Å². The maximum atomic E-state index is 12.4. The molecule has 4 rings (SSSR count). The van der Waals surface area contributed by atoms with E-state index in [0.717, 1.165) is 23.0 Å². The number of ether oxygens (including phenoxy) is 1. The van der Waals surface area contributed by atoms with Gasteiger partial charge in [-0.3, -0.25) is 4.79 Å². The van der Waals surface area contributed by atoms with Crippen LogP contribution in [-0.4, -0.2) is 33.1 Å². The van der Waals surface area contributed by atoms with Gasteiger partial charge in [0.05, 0.1) is 23.4 Å². The van der Waals surface area contributed by atoms with Gasteiger partial charge in [-0.05, 0) is 38.0 Å². The van der Waals surface area contributed by atoms with Gasteiger partial charge in [0.15, 0.2) is 17.3 Å². The maximum absolute atomic E-state index is 12.4. The van der Waals surface area contributed by atoms with E-state index in [1.165, 1.54) is 0 Å². The molecule has 0 fully saturated rings. The Morgan fingerprint density at radius 3 is 2.88 bits per heavy atom. The Labute approximate surface area is 144 Å². The summed E-state index contributed by atoms with van der Waals surface area (Å²) in [5, 5.41) is 5.42. The van der Waals surface area contributed by atoms with Gasteiger partial charge in [0.1, 0.15) is 0 Å². The molecule has 25 heavy (non-hydrogen) atoms. The number of fused-ring (bicyclic) bond motifs is 2. The summed E-state index contributed by atoms with van der Waals surface area (Å²) < 4.78 is 6.69. The molecule has 0 atom stereocenters. The van der Waals surface area contributed by atoms with Gasteiger partial charge in [0.25, 0.3) is 0 Å². The Morgan fingerprint density at radius 2 is 2.04 bits per heavy atom. The van der Waals surface area contributed by atoms with E-state index < -0.39 is 5.97 Å². The fourth-order valence-corrected chi connectivity index (χ4v) is 3.22. The largest absolute Gasteiger partial charge is 0.461 e. The molecule has 0 spiro atoms. The van der Waals surface area contributed by atoms with Gasteiger partial charge in [-0.2, -0.15) is 5.10 Å². The van der Waals surface area contributed by atoms with Gasteiger partial charge in [-0.25, -0.2) is 14.5 Å². The van der Waals surface area contributed by atoms with Gasteiger partial charge in [0, 0.05) is 11.8 Å². The smallest absolute Gasteiger partial charge is 0.359 e. The molecule has 1 aliphatic rings. The van der Waals surface area contributed by atoms with Crippen LogP contribution in [0.5, 0.6) is 0 Å². The number of pyridine rings is 1. The molecule has 0 unspecified atom stereocenters. The number of ketones is 1. The van der Waals surface area contributed by atoms with Crippen LogP contribution in [0.3, 0.4) is 0 Å². The van der Waals surface area contributed by atoms with Crippen molar-refractivity contribution in [2.75, 3.05) is 6.61 Å². The molecule has 1 aromatic carbocycles. The first-order valence-corrected chi connectivity index (χ1v) is 8.37. The predicted molar refractivity (Wildman–Crippen MR) is 92.1 cm³/mol. The van der Waals surface area contributed by atoms with E-state index >= 15 is 0 Å². The summed E-state index contributed by atoms with van der Waals surface area (Å²) in [6.45, 7) is 1.97. The summed E-state index contributed by atoms with van der Waals surface area (Å²) in [4.78, 5) is 29.3. The predicted octanol–water partition coefficient (Wildman–Crippen LogP) is 3.12. The molecule has 2 aromatic heterocycles. The Hall–Kier alpha value is -3.02. The minimum atomic E-state index is -0.562. The van der Waals surface area contributed by atoms with Crippen molar-refractivity contribution in [3.8, 4) is 5.82 Å². The Balaban J connectivity index is 1.90. The lowest BCUT2D eigenvalue weighted by Gasteiger charge is -2.13. The summed E-state index contributed by atoms with van der Waals surface area (Å²) in [6, 6.07) is 11.6. The molecule has 0 saturated carbocycles. The second kappa shape index (κ2) is 6.12. The SMILES string of the molecule is CCOC(=O)c1nn(-c2ccc3ccccc3n2)c2c1C(=O)CCC2. The molecule has 0 bridgehead atoms. The lowest BCUT2D eigenvalue weighted by atomic mass is 9.94. The van der Waals surface area contributed by atoms with Crippen LogP contribution >= 0.6 is 0 Å². The maximum Gasteiger partial charge on any atom is 0.359 e. The van der Waals surface area contributed by atoms with Crippen molar-refractivity contribution >= 4 is 22.7 Å². The highest BCUT2D eigenvalue weighted by molar-refractivity contribution is 6.07. The number of hydrogen-bond acceptors (Lipinski definition) is 5. The first kappa shape index (κ1) is 15.5. The molecular formula is C19H17N3O3. The first-order valence-electron chi connectivity index (χ1n) is 8.37. The lowest BCUT2D eigenvalue weighted by Crippen LogP contribution is -2.16. The van der Waals surface area contributed by atoms with E-state index in [1.54, 1.807) is 11.6 Å². The standard InChI is InChI=1S/C19H17N3O3/c1-2-25-19(24)18-17-14(8-5-9-15(17)23)22(21-18)16-11-10-12-6-3-4-7-13(12)20-16/h3-4,6-7,10-11H,2,5,8-9H2,1H3. The average Bonchev–Trinajstić information content (AvgIpc) is 3.03. The van der Waals surface area contributed by atoms with E-state index in [0.29, 0.717) is 24.2 Å². The summed E-state index contributed by atoms with van der Waals surface area (Å²) in [7, 11) is 0. The number of nitrogens with zero attached hydrogens (tertiary/aromatic N) is 3. The van der Waals surface area contributed by atoms with Crippen molar-refractivity contribution in [3.63, 3.8) is 0 Å². The topological polar surface area (TPSA) is 74.1 Å². The molecular weight excluding hydrogens is 318 g/mol. The summed E-state index contributed by atoms with van der Waals surface area (Å²) in [6.07, 6.45) is 1.85. The van der Waals surface area contributed by atoms with Crippen LogP contribution in [0, 0.1) is 0 Å². The number of Topliss-reactive ketones (excluding diaryl/α,β-unsaturated/α-hetero) is 1. The zero-order valence-corrected chi connectivity index (χ0v) is 13.9. The van der Waals surface area contributed by atoms with Crippen LogP contribution in [0.1, 0.15) is 46.3 Å². The number of benzene rings is 1. The summed E-state index contributed by atoms with van der Waals surface area (Å²) in [5.41, 5.74) is 2.06. The van der Waals surface area contributed by atoms with Crippen molar-refractivity contribution in [2.45, 2.75) is 26.2 Å². The Bertz CT molecular complexity index is 991. The molecule has 0 aliphatic heterocycles. The quantitative estimate of drug-likeness (QED) is 0.688. The van der Waals surface area contributed by atoms with Crippen LogP contribution in [0.15, 0.2) is 36.4 Å². The lowest BCUT2D eigenvalue weighted by molar-refractivity contribution is 0.0515. The van der Waals surface area contributed by atoms with Gasteiger partial charge in [0.2, 0.25) is 0 Å². The minimum absolute atomic E-state index is 0.0589. The third-order valence-corrected chi connectivity index (χ3v) is 4.35. The number of carbonyl (C=O) groups excluding carboxylic acids is 2. The fraction of sp³-hybridized carbons (Fsp3) is 0.263. The molecule has 126 valence electrons. The molecule has 6 heteroatoms. The van der Waals surface area contributed by atoms with Gasteiger partial charge >= 0.3 is 5.97 Å². The van der Waals surface area contributed by atoms with Crippen LogP contribution in [0.2, 0.25) is 0 Å². The number of esters is 1. The normalized spacial score (nSPS) is 13.7. The van der Waals surface area contributed by atoms with Crippen molar-refractivity contribution < 1.29 is 14.3 Å². The van der Waals surface area contributed by atoms with E-state index in [1.807, 2.05) is 36.4 Å². The van der Waals surface area contributed by atoms with Crippen molar-refractivity contribution in [2.24, 2.45) is 0 Å². The van der Waals surface area contributed by atoms with Crippen LogP contribution in [0.25, 0.3) is 16.7 Å². The van der Waals surface area contributed by atoms with E-state index in [-0.39, 0.29) is 18.1 Å². The Kier molecular flexibility index (Phi) is 3.80. The highest BCUT2D eigenvalue weighted by Crippen LogP contribution is 2.27. The van der Waals surface area contributed by atoms with Crippen LogP contribution < -0.4 is 0 Å². The number of hydrogen-bond donors (Lipinski definition) is 0. The Morgan fingerprint density at radius 1 is 1.20 bits per heavy atom. The van der Waals surface area contributed by atoms with Gasteiger partial charge < -0.3 is 4.74 Å². The monoisotopic (exact) mass is 335 g/mol. The number of rotatable bonds is 3. The molecule has 0 radical (unpaired) electrons. The molecule has 0 amide bonds. The van der Waals surface area contributed by atoms with E-state index in [2.05, 4.69) is 10.1 Å². The van der Waals surface area contributed by atoms with Crippen molar-refractivity contribution in [1.82, 2.24) is 14.8 Å². The van der Waals surface area contributed by atoms with Crippen LogP contribution in [-0.2, 0) is 11.2 Å². The average molecular weight is 335 g/mol. The molecule has 6 nitrogen and oxygen atoms in total. The number of para-hydroxylation sites is 1.